The van der Waals surface area contributed by atoms with Gasteiger partial charge in [-0.05, 0) is 30.3 Å². The zero-order valence-electron chi connectivity index (χ0n) is 12.0. The second-order valence-electron chi connectivity index (χ2n) is 4.60. The molecule has 6 nitrogen and oxygen atoms in total. The highest BCUT2D eigenvalue weighted by molar-refractivity contribution is 6.01. The fourth-order valence-corrected chi connectivity index (χ4v) is 1.79. The van der Waals surface area contributed by atoms with Crippen LogP contribution in [-0.4, -0.2) is 33.6 Å². The van der Waals surface area contributed by atoms with Crippen LogP contribution in [0.15, 0.2) is 47.8 Å². The molecule has 0 aliphatic heterocycles. The summed E-state index contributed by atoms with van der Waals surface area (Å²) < 4.78 is 43.1. The van der Waals surface area contributed by atoms with Crippen molar-refractivity contribution in [1.82, 2.24) is 4.98 Å². The monoisotopic (exact) mass is 340 g/mol. The second kappa shape index (κ2) is 6.99. The summed E-state index contributed by atoms with van der Waals surface area (Å²) >= 11 is 0. The number of alkyl halides is 3. The number of nitrogens with zero attached hydrogens (tertiary/aromatic N) is 2. The number of pyridine rings is 1. The van der Waals surface area contributed by atoms with Crippen LogP contribution in [0.2, 0.25) is 0 Å². The molecule has 24 heavy (non-hydrogen) atoms. The Kier molecular flexibility index (Phi) is 5.02. The Morgan fingerprint density at radius 3 is 2.62 bits per heavy atom. The van der Waals surface area contributed by atoms with Gasteiger partial charge in [-0.1, -0.05) is 11.2 Å². The highest BCUT2D eigenvalue weighted by atomic mass is 19.4. The van der Waals surface area contributed by atoms with Crippen molar-refractivity contribution in [3.63, 3.8) is 0 Å². The van der Waals surface area contributed by atoms with Crippen molar-refractivity contribution in [2.24, 2.45) is 5.16 Å². The summed E-state index contributed by atoms with van der Waals surface area (Å²) in [7, 11) is 0. The van der Waals surface area contributed by atoms with Crippen LogP contribution < -0.4 is 4.74 Å². The molecule has 0 aliphatic rings. The summed E-state index contributed by atoms with van der Waals surface area (Å²) in [5.74, 6) is -1.28. The first kappa shape index (κ1) is 17.3. The molecule has 0 spiro atoms. The minimum Gasteiger partial charge on any atom is -0.487 e. The molecule has 0 bridgehead atoms. The molecule has 0 unspecified atom stereocenters. The maximum Gasteiger partial charge on any atom is 0.416 e. The molecule has 1 heterocycles. The lowest BCUT2D eigenvalue weighted by atomic mass is 10.2. The molecule has 0 saturated heterocycles. The summed E-state index contributed by atoms with van der Waals surface area (Å²) in [5, 5.41) is 20.9. The number of hydrogen-bond acceptors (Lipinski definition) is 5. The van der Waals surface area contributed by atoms with E-state index in [-0.39, 0.29) is 22.7 Å². The fraction of sp³-hybridized carbons (Fsp3) is 0.133. The SMILES string of the molecule is O=C(O)c1ccnc(/C(COc2cccc(C(F)(F)F)c2)=N/O)c1. The summed E-state index contributed by atoms with van der Waals surface area (Å²) in [5.41, 5.74) is -1.06. The number of rotatable bonds is 5. The quantitative estimate of drug-likeness (QED) is 0.496. The van der Waals surface area contributed by atoms with Gasteiger partial charge in [0.05, 0.1) is 16.8 Å². The molecule has 2 aromatic rings. The third-order valence-electron chi connectivity index (χ3n) is 2.96. The first-order chi connectivity index (χ1) is 11.3. The minimum absolute atomic E-state index is 0.0318. The Labute approximate surface area is 133 Å². The molecule has 9 heteroatoms. The molecular formula is C15H11F3N2O4. The lowest BCUT2D eigenvalue weighted by Crippen LogP contribution is -2.16. The Bertz CT molecular complexity index is 775. The zero-order valence-corrected chi connectivity index (χ0v) is 12.0. The standard InChI is InChI=1S/C15H11F3N2O4/c16-15(17,18)10-2-1-3-11(7-10)24-8-13(20-23)12-6-9(14(21)22)4-5-19-12/h1-7,23H,8H2,(H,21,22)/b20-13+. The van der Waals surface area contributed by atoms with Crippen molar-refractivity contribution in [3.8, 4) is 5.75 Å². The van der Waals surface area contributed by atoms with E-state index in [1.165, 1.54) is 24.4 Å². The van der Waals surface area contributed by atoms with E-state index in [9.17, 15) is 18.0 Å². The van der Waals surface area contributed by atoms with Crippen LogP contribution in [0, 0.1) is 0 Å². The fourth-order valence-electron chi connectivity index (χ4n) is 1.79. The first-order valence-electron chi connectivity index (χ1n) is 6.52. The third-order valence-corrected chi connectivity index (χ3v) is 2.96. The normalized spacial score (nSPS) is 12.0. The van der Waals surface area contributed by atoms with E-state index in [0.717, 1.165) is 18.2 Å². The van der Waals surface area contributed by atoms with Gasteiger partial charge in [-0.2, -0.15) is 13.2 Å². The summed E-state index contributed by atoms with van der Waals surface area (Å²) in [6, 6.07) is 6.59. The number of oxime groups is 1. The number of aromatic nitrogens is 1. The van der Waals surface area contributed by atoms with E-state index in [2.05, 4.69) is 10.1 Å². The van der Waals surface area contributed by atoms with Crippen LogP contribution in [-0.2, 0) is 6.18 Å². The van der Waals surface area contributed by atoms with E-state index >= 15 is 0 Å². The summed E-state index contributed by atoms with van der Waals surface area (Å²) in [6.45, 7) is -0.395. The van der Waals surface area contributed by atoms with Gasteiger partial charge >= 0.3 is 12.1 Å². The average Bonchev–Trinajstić information content (AvgIpc) is 2.55. The van der Waals surface area contributed by atoms with Crippen molar-refractivity contribution in [2.45, 2.75) is 6.18 Å². The largest absolute Gasteiger partial charge is 0.487 e. The van der Waals surface area contributed by atoms with Crippen molar-refractivity contribution >= 4 is 11.7 Å². The number of halogens is 3. The Morgan fingerprint density at radius 2 is 2.00 bits per heavy atom. The lowest BCUT2D eigenvalue weighted by molar-refractivity contribution is -0.137. The highest BCUT2D eigenvalue weighted by Crippen LogP contribution is 2.31. The Morgan fingerprint density at radius 1 is 1.25 bits per heavy atom. The smallest absolute Gasteiger partial charge is 0.416 e. The van der Waals surface area contributed by atoms with Crippen LogP contribution in [0.25, 0.3) is 0 Å². The van der Waals surface area contributed by atoms with Crippen LogP contribution in [0.3, 0.4) is 0 Å². The van der Waals surface area contributed by atoms with Crippen molar-refractivity contribution in [2.75, 3.05) is 6.61 Å². The number of ether oxygens (including phenoxy) is 1. The zero-order chi connectivity index (χ0) is 17.7. The molecule has 1 aromatic carbocycles. The molecule has 1 aromatic heterocycles. The highest BCUT2D eigenvalue weighted by Gasteiger charge is 2.30. The van der Waals surface area contributed by atoms with Gasteiger partial charge in [0.1, 0.15) is 18.1 Å². The van der Waals surface area contributed by atoms with Gasteiger partial charge in [-0.3, -0.25) is 4.98 Å². The number of hydrogen-bond donors (Lipinski definition) is 2. The minimum atomic E-state index is -4.51. The van der Waals surface area contributed by atoms with Gasteiger partial charge in [-0.15, -0.1) is 0 Å². The molecule has 2 N–H and O–H groups in total. The molecule has 0 radical (unpaired) electrons. The number of aromatic carboxylic acids is 1. The van der Waals surface area contributed by atoms with Gasteiger partial charge in [0.2, 0.25) is 0 Å². The number of carboxylic acids is 1. The molecule has 0 saturated carbocycles. The van der Waals surface area contributed by atoms with Crippen LogP contribution >= 0.6 is 0 Å². The van der Waals surface area contributed by atoms with Crippen LogP contribution in [0.1, 0.15) is 21.6 Å². The number of carbonyl (C=O) groups is 1. The molecular weight excluding hydrogens is 329 g/mol. The molecule has 2 rings (SSSR count). The van der Waals surface area contributed by atoms with Crippen LogP contribution in [0.4, 0.5) is 13.2 Å². The lowest BCUT2D eigenvalue weighted by Gasteiger charge is -2.11. The molecule has 0 aliphatic carbocycles. The van der Waals surface area contributed by atoms with Gasteiger partial charge < -0.3 is 15.1 Å². The number of carboxylic acid groups (broad SMARTS) is 1. The third kappa shape index (κ3) is 4.22. The maximum absolute atomic E-state index is 12.6. The molecule has 0 atom stereocenters. The molecule has 126 valence electrons. The van der Waals surface area contributed by atoms with Crippen molar-refractivity contribution < 1.29 is 33.0 Å². The van der Waals surface area contributed by atoms with Gasteiger partial charge in [0.25, 0.3) is 0 Å². The van der Waals surface area contributed by atoms with Crippen LogP contribution in [0.5, 0.6) is 5.75 Å². The van der Waals surface area contributed by atoms with E-state index < -0.39 is 24.3 Å². The van der Waals surface area contributed by atoms with Gasteiger partial charge in [0.15, 0.2) is 0 Å². The predicted molar refractivity (Wildman–Crippen MR) is 76.5 cm³/mol. The first-order valence-corrected chi connectivity index (χ1v) is 6.52. The average molecular weight is 340 g/mol. The second-order valence-corrected chi connectivity index (χ2v) is 4.60. The Hall–Kier alpha value is -3.10. The Balaban J connectivity index is 2.15. The number of benzene rings is 1. The van der Waals surface area contributed by atoms with Crippen molar-refractivity contribution in [1.29, 1.82) is 0 Å². The van der Waals surface area contributed by atoms with E-state index in [1.54, 1.807) is 0 Å². The van der Waals surface area contributed by atoms with E-state index in [1.807, 2.05) is 0 Å². The van der Waals surface area contributed by atoms with Crippen molar-refractivity contribution in [3.05, 3.63) is 59.4 Å². The summed E-state index contributed by atoms with van der Waals surface area (Å²) in [4.78, 5) is 14.8. The van der Waals surface area contributed by atoms with E-state index in [0.29, 0.717) is 0 Å². The van der Waals surface area contributed by atoms with Gasteiger partial charge in [-0.25, -0.2) is 4.79 Å². The predicted octanol–water partition coefficient (Wildman–Crippen LogP) is 3.06. The molecule has 0 amide bonds. The summed E-state index contributed by atoms with van der Waals surface area (Å²) in [6.07, 6.45) is -3.31. The van der Waals surface area contributed by atoms with Gasteiger partial charge in [0, 0.05) is 6.20 Å². The molecule has 0 fully saturated rings. The maximum atomic E-state index is 12.6. The van der Waals surface area contributed by atoms with E-state index in [4.69, 9.17) is 15.1 Å². The topological polar surface area (TPSA) is 92.0 Å².